The summed E-state index contributed by atoms with van der Waals surface area (Å²) in [7, 11) is 0. The largest absolute Gasteiger partial charge is 0.352 e. The molecule has 98 valence electrons. The number of carbonyl (C=O) groups is 1. The highest BCUT2D eigenvalue weighted by Crippen LogP contribution is 2.27. The van der Waals surface area contributed by atoms with Gasteiger partial charge in [-0.25, -0.2) is 0 Å². The van der Waals surface area contributed by atoms with E-state index < -0.39 is 0 Å². The minimum atomic E-state index is 0.0864. The molecule has 0 radical (unpaired) electrons. The summed E-state index contributed by atoms with van der Waals surface area (Å²) < 4.78 is 0. The maximum Gasteiger partial charge on any atom is 0.237 e. The van der Waals surface area contributed by atoms with Gasteiger partial charge in [0.2, 0.25) is 5.91 Å². The maximum atomic E-state index is 11.9. The van der Waals surface area contributed by atoms with Gasteiger partial charge in [0, 0.05) is 6.04 Å². The SMILES string of the molecule is CCCC1CCC(NC(=O)[C@@H]2CCCN2)CC1. The number of nitrogens with one attached hydrogen (secondary N) is 2. The third kappa shape index (κ3) is 3.70. The maximum absolute atomic E-state index is 11.9. The molecular formula is C14H26N2O. The Morgan fingerprint density at radius 2 is 2.00 bits per heavy atom. The fraction of sp³-hybridized carbons (Fsp3) is 0.929. The lowest BCUT2D eigenvalue weighted by atomic mass is 9.83. The Morgan fingerprint density at radius 1 is 1.24 bits per heavy atom. The highest BCUT2D eigenvalue weighted by molar-refractivity contribution is 5.82. The molecule has 1 amide bonds. The molecule has 0 aromatic heterocycles. The van der Waals surface area contributed by atoms with Crippen LogP contribution in [0.15, 0.2) is 0 Å². The Labute approximate surface area is 105 Å². The Hall–Kier alpha value is -0.570. The van der Waals surface area contributed by atoms with Crippen molar-refractivity contribution in [1.29, 1.82) is 0 Å². The summed E-state index contributed by atoms with van der Waals surface area (Å²) in [6, 6.07) is 0.529. The summed E-state index contributed by atoms with van der Waals surface area (Å²) in [6.07, 6.45) is 9.79. The topological polar surface area (TPSA) is 41.1 Å². The van der Waals surface area contributed by atoms with E-state index in [0.717, 1.165) is 25.3 Å². The van der Waals surface area contributed by atoms with Crippen molar-refractivity contribution < 1.29 is 4.79 Å². The third-order valence-corrected chi connectivity index (χ3v) is 4.27. The first-order valence-electron chi connectivity index (χ1n) is 7.33. The van der Waals surface area contributed by atoms with Gasteiger partial charge in [-0.05, 0) is 51.0 Å². The molecule has 17 heavy (non-hydrogen) atoms. The Bertz CT molecular complexity index is 241. The van der Waals surface area contributed by atoms with Crippen LogP contribution in [0.2, 0.25) is 0 Å². The first-order valence-corrected chi connectivity index (χ1v) is 7.33. The van der Waals surface area contributed by atoms with Crippen molar-refractivity contribution in [2.75, 3.05) is 6.54 Å². The van der Waals surface area contributed by atoms with E-state index in [1.165, 1.54) is 38.5 Å². The lowest BCUT2D eigenvalue weighted by molar-refractivity contribution is -0.123. The number of rotatable bonds is 4. The van der Waals surface area contributed by atoms with Gasteiger partial charge in [-0.1, -0.05) is 19.8 Å². The summed E-state index contributed by atoms with van der Waals surface area (Å²) in [5, 5.41) is 6.48. The smallest absolute Gasteiger partial charge is 0.237 e. The zero-order chi connectivity index (χ0) is 12.1. The molecule has 1 saturated heterocycles. The highest BCUT2D eigenvalue weighted by Gasteiger charge is 2.26. The Kier molecular flexibility index (Phi) is 4.84. The van der Waals surface area contributed by atoms with Crippen molar-refractivity contribution in [2.24, 2.45) is 5.92 Å². The van der Waals surface area contributed by atoms with Crippen LogP contribution in [0, 0.1) is 5.92 Å². The van der Waals surface area contributed by atoms with Gasteiger partial charge in [0.15, 0.2) is 0 Å². The van der Waals surface area contributed by atoms with E-state index in [9.17, 15) is 4.79 Å². The van der Waals surface area contributed by atoms with Crippen LogP contribution in [0.4, 0.5) is 0 Å². The lowest BCUT2D eigenvalue weighted by Crippen LogP contribution is -2.46. The minimum Gasteiger partial charge on any atom is -0.352 e. The van der Waals surface area contributed by atoms with Crippen LogP contribution >= 0.6 is 0 Å². The van der Waals surface area contributed by atoms with Crippen molar-refractivity contribution in [3.05, 3.63) is 0 Å². The Morgan fingerprint density at radius 3 is 2.59 bits per heavy atom. The number of carbonyl (C=O) groups excluding carboxylic acids is 1. The quantitative estimate of drug-likeness (QED) is 0.788. The molecule has 1 aliphatic heterocycles. The molecule has 3 nitrogen and oxygen atoms in total. The van der Waals surface area contributed by atoms with Crippen molar-refractivity contribution in [1.82, 2.24) is 10.6 Å². The van der Waals surface area contributed by atoms with Gasteiger partial charge in [0.25, 0.3) is 0 Å². The first kappa shape index (κ1) is 12.9. The second-order valence-electron chi connectivity index (χ2n) is 5.66. The molecule has 3 heteroatoms. The van der Waals surface area contributed by atoms with Crippen LogP contribution in [0.5, 0.6) is 0 Å². The standard InChI is InChI=1S/C14H26N2O/c1-2-4-11-6-8-12(9-7-11)16-14(17)13-5-3-10-15-13/h11-13,15H,2-10H2,1H3,(H,16,17)/t11?,12?,13-/m0/s1. The van der Waals surface area contributed by atoms with Crippen LogP contribution in [0.25, 0.3) is 0 Å². The molecule has 2 rings (SSSR count). The van der Waals surface area contributed by atoms with Gasteiger partial charge in [0.1, 0.15) is 0 Å². The zero-order valence-corrected chi connectivity index (χ0v) is 11.0. The van der Waals surface area contributed by atoms with Crippen LogP contribution in [-0.2, 0) is 4.79 Å². The molecule has 0 bridgehead atoms. The Balaban J connectivity index is 1.68. The molecule has 1 heterocycles. The number of hydrogen-bond acceptors (Lipinski definition) is 2. The van der Waals surface area contributed by atoms with Crippen LogP contribution in [-0.4, -0.2) is 24.5 Å². The average molecular weight is 238 g/mol. The fourth-order valence-corrected chi connectivity index (χ4v) is 3.21. The molecule has 0 aromatic rings. The molecule has 0 aromatic carbocycles. The van der Waals surface area contributed by atoms with E-state index in [-0.39, 0.29) is 11.9 Å². The van der Waals surface area contributed by atoms with E-state index in [0.29, 0.717) is 6.04 Å². The van der Waals surface area contributed by atoms with E-state index >= 15 is 0 Å². The predicted octanol–water partition coefficient (Wildman–Crippen LogP) is 2.21. The number of amides is 1. The first-order chi connectivity index (χ1) is 8.29. The van der Waals surface area contributed by atoms with E-state index in [2.05, 4.69) is 17.6 Å². The molecular weight excluding hydrogens is 212 g/mol. The van der Waals surface area contributed by atoms with E-state index in [1.54, 1.807) is 0 Å². The van der Waals surface area contributed by atoms with Crippen molar-refractivity contribution in [3.8, 4) is 0 Å². The summed E-state index contributed by atoms with van der Waals surface area (Å²) in [6.45, 7) is 3.26. The van der Waals surface area contributed by atoms with Crippen LogP contribution in [0.3, 0.4) is 0 Å². The summed E-state index contributed by atoms with van der Waals surface area (Å²) in [4.78, 5) is 11.9. The number of hydrogen-bond donors (Lipinski definition) is 2. The van der Waals surface area contributed by atoms with Crippen LogP contribution in [0.1, 0.15) is 58.3 Å². The third-order valence-electron chi connectivity index (χ3n) is 4.27. The lowest BCUT2D eigenvalue weighted by Gasteiger charge is -2.29. The van der Waals surface area contributed by atoms with Gasteiger partial charge in [-0.3, -0.25) is 4.79 Å². The second-order valence-corrected chi connectivity index (χ2v) is 5.66. The molecule has 0 unspecified atom stereocenters. The minimum absolute atomic E-state index is 0.0864. The highest BCUT2D eigenvalue weighted by atomic mass is 16.2. The van der Waals surface area contributed by atoms with Crippen LogP contribution < -0.4 is 10.6 Å². The molecule has 1 saturated carbocycles. The average Bonchev–Trinajstić information content (AvgIpc) is 2.86. The zero-order valence-electron chi connectivity index (χ0n) is 11.0. The molecule has 2 fully saturated rings. The molecule has 2 aliphatic rings. The normalized spacial score (nSPS) is 33.6. The van der Waals surface area contributed by atoms with Gasteiger partial charge < -0.3 is 10.6 Å². The predicted molar refractivity (Wildman–Crippen MR) is 69.8 cm³/mol. The van der Waals surface area contributed by atoms with Crippen molar-refractivity contribution in [3.63, 3.8) is 0 Å². The van der Waals surface area contributed by atoms with E-state index in [4.69, 9.17) is 0 Å². The molecule has 2 N–H and O–H groups in total. The summed E-state index contributed by atoms with van der Waals surface area (Å²) >= 11 is 0. The molecule has 0 spiro atoms. The summed E-state index contributed by atoms with van der Waals surface area (Å²) in [5.74, 6) is 1.15. The van der Waals surface area contributed by atoms with Gasteiger partial charge in [-0.15, -0.1) is 0 Å². The van der Waals surface area contributed by atoms with Gasteiger partial charge in [-0.2, -0.15) is 0 Å². The van der Waals surface area contributed by atoms with Gasteiger partial charge in [0.05, 0.1) is 6.04 Å². The van der Waals surface area contributed by atoms with Gasteiger partial charge >= 0.3 is 0 Å². The fourth-order valence-electron chi connectivity index (χ4n) is 3.21. The molecule has 1 aliphatic carbocycles. The van der Waals surface area contributed by atoms with E-state index in [1.807, 2.05) is 0 Å². The summed E-state index contributed by atoms with van der Waals surface area (Å²) in [5.41, 5.74) is 0. The monoisotopic (exact) mass is 238 g/mol. The molecule has 1 atom stereocenters. The second kappa shape index (κ2) is 6.39. The van der Waals surface area contributed by atoms with Crippen molar-refractivity contribution >= 4 is 5.91 Å². The van der Waals surface area contributed by atoms with Crippen molar-refractivity contribution in [2.45, 2.75) is 70.4 Å².